The minimum Gasteiger partial charge on any atom is -0.426 e. The van der Waals surface area contributed by atoms with E-state index in [1.165, 1.54) is 18.2 Å². The number of rotatable bonds is 4. The third-order valence-corrected chi connectivity index (χ3v) is 6.20. The van der Waals surface area contributed by atoms with Gasteiger partial charge < -0.3 is 25.1 Å². The number of carbonyl (C=O) groups excluding carboxylic acids is 2. The highest BCUT2D eigenvalue weighted by molar-refractivity contribution is 14.1. The summed E-state index contributed by atoms with van der Waals surface area (Å²) in [6.07, 6.45) is 1.58. The molecule has 4 atom stereocenters. The largest absolute Gasteiger partial charge is 0.426 e. The van der Waals surface area contributed by atoms with E-state index in [0.29, 0.717) is 18.9 Å². The second-order valence-electron chi connectivity index (χ2n) is 5.89. The van der Waals surface area contributed by atoms with E-state index in [0.717, 1.165) is 6.42 Å². The van der Waals surface area contributed by atoms with E-state index in [1.807, 2.05) is 0 Å². The van der Waals surface area contributed by atoms with Crippen LogP contribution in [0.3, 0.4) is 0 Å². The molecule has 0 bridgehead atoms. The van der Waals surface area contributed by atoms with Crippen LogP contribution in [0.25, 0.3) is 0 Å². The highest BCUT2D eigenvalue weighted by Gasteiger charge is 2.66. The minimum atomic E-state index is -1.02. The van der Waals surface area contributed by atoms with Crippen molar-refractivity contribution in [2.45, 2.75) is 48.0 Å². The van der Waals surface area contributed by atoms with E-state index in [-0.39, 0.29) is 22.4 Å². The summed E-state index contributed by atoms with van der Waals surface area (Å²) < 4.78 is 4.88. The normalized spacial score (nSPS) is 29.7. The number of aromatic nitrogens is 2. The summed E-state index contributed by atoms with van der Waals surface area (Å²) in [6, 6.07) is -1.02. The van der Waals surface area contributed by atoms with Crippen molar-refractivity contribution in [1.82, 2.24) is 20.0 Å². The van der Waals surface area contributed by atoms with Crippen molar-refractivity contribution in [3.8, 4) is 0 Å². The molecule has 126 valence electrons. The molecule has 2 amide bonds. The SMILES string of the molecule is C[C@@H](O)[C@H](N)C(=O)N1CCCC12C(=O)N(Cc1nnco1)C2I. The second kappa shape index (κ2) is 5.98. The van der Waals surface area contributed by atoms with Gasteiger partial charge in [0.1, 0.15) is 16.6 Å². The van der Waals surface area contributed by atoms with Crippen LogP contribution < -0.4 is 5.73 Å². The number of nitrogens with zero attached hydrogens (tertiary/aromatic N) is 4. The van der Waals surface area contributed by atoms with Crippen LogP contribution in [-0.2, 0) is 16.1 Å². The number of nitrogens with two attached hydrogens (primary N) is 1. The number of alkyl halides is 1. The molecule has 0 aromatic carbocycles. The maximum absolute atomic E-state index is 12.8. The van der Waals surface area contributed by atoms with Gasteiger partial charge in [-0.15, -0.1) is 10.2 Å². The lowest BCUT2D eigenvalue weighted by Crippen LogP contribution is -2.77. The van der Waals surface area contributed by atoms with E-state index in [9.17, 15) is 14.7 Å². The minimum absolute atomic E-state index is 0.140. The van der Waals surface area contributed by atoms with Gasteiger partial charge in [-0.3, -0.25) is 9.59 Å². The van der Waals surface area contributed by atoms with Gasteiger partial charge in [0, 0.05) is 6.54 Å². The Morgan fingerprint density at radius 2 is 2.43 bits per heavy atom. The van der Waals surface area contributed by atoms with Crippen molar-refractivity contribution in [3.63, 3.8) is 0 Å². The summed E-state index contributed by atoms with van der Waals surface area (Å²) in [4.78, 5) is 28.4. The number of hydrogen-bond donors (Lipinski definition) is 2. The molecule has 0 radical (unpaired) electrons. The van der Waals surface area contributed by atoms with Gasteiger partial charge in [0.25, 0.3) is 5.91 Å². The summed E-state index contributed by atoms with van der Waals surface area (Å²) in [6.45, 7) is 2.16. The number of carbonyl (C=O) groups is 2. The smallest absolute Gasteiger partial charge is 0.252 e. The van der Waals surface area contributed by atoms with E-state index >= 15 is 0 Å². The second-order valence-corrected chi connectivity index (χ2v) is 7.07. The zero-order valence-electron chi connectivity index (χ0n) is 12.6. The first-order valence-electron chi connectivity index (χ1n) is 7.35. The Morgan fingerprint density at radius 3 is 3.00 bits per heavy atom. The first kappa shape index (κ1) is 16.6. The number of hydrogen-bond acceptors (Lipinski definition) is 7. The number of likely N-dealkylation sites (tertiary alicyclic amines) is 2. The van der Waals surface area contributed by atoms with Gasteiger partial charge >= 0.3 is 0 Å². The maximum Gasteiger partial charge on any atom is 0.252 e. The number of aliphatic hydroxyl groups excluding tert-OH is 1. The Balaban J connectivity index is 1.78. The Hall–Kier alpha value is -1.27. The van der Waals surface area contributed by atoms with Gasteiger partial charge in [0.2, 0.25) is 18.2 Å². The van der Waals surface area contributed by atoms with Gasteiger partial charge in [-0.05, 0) is 19.8 Å². The van der Waals surface area contributed by atoms with Crippen molar-refractivity contribution >= 4 is 34.4 Å². The third-order valence-electron chi connectivity index (χ3n) is 4.50. The average molecular weight is 435 g/mol. The van der Waals surface area contributed by atoms with Crippen molar-refractivity contribution in [2.24, 2.45) is 5.73 Å². The zero-order valence-corrected chi connectivity index (χ0v) is 14.7. The van der Waals surface area contributed by atoms with Gasteiger partial charge in [-0.25, -0.2) is 0 Å². The maximum atomic E-state index is 12.8. The number of β-lactam (4-membered cyclic amide) rings is 1. The van der Waals surface area contributed by atoms with Crippen LogP contribution >= 0.6 is 22.6 Å². The number of amides is 2. The molecule has 2 aliphatic rings. The number of halogens is 1. The highest BCUT2D eigenvalue weighted by Crippen LogP contribution is 2.48. The summed E-state index contributed by atoms with van der Waals surface area (Å²) >= 11 is 2.16. The fraction of sp³-hybridized carbons (Fsp3) is 0.692. The summed E-state index contributed by atoms with van der Waals surface area (Å²) in [5, 5.41) is 16.9. The van der Waals surface area contributed by atoms with Crippen molar-refractivity contribution < 1.29 is 19.1 Å². The molecule has 0 saturated carbocycles. The molecule has 1 spiro atoms. The molecule has 1 aromatic heterocycles. The Bertz CT molecular complexity index is 610. The predicted octanol–water partition coefficient (Wildman–Crippen LogP) is -0.758. The quantitative estimate of drug-likeness (QED) is 0.276. The third kappa shape index (κ3) is 2.43. The zero-order chi connectivity index (χ0) is 16.8. The fourth-order valence-electron chi connectivity index (χ4n) is 3.21. The molecule has 2 fully saturated rings. The number of aliphatic hydroxyl groups is 1. The molecule has 2 saturated heterocycles. The van der Waals surface area contributed by atoms with E-state index in [1.54, 1.807) is 4.90 Å². The molecule has 2 unspecified atom stereocenters. The van der Waals surface area contributed by atoms with Crippen LogP contribution in [0, 0.1) is 0 Å². The fourth-order valence-corrected chi connectivity index (χ4v) is 4.58. The molecule has 1 aromatic rings. The standard InChI is InChI=1S/C13H18IN5O4/c1-7(20)9(15)10(21)19-4-2-3-13(19)11(14)18(12(13)22)5-8-17-16-6-23-8/h6-7,9,11,20H,2-5,15H2,1H3/t7-,9+,11?,13?/m1/s1. The predicted molar refractivity (Wildman–Crippen MR) is 86.0 cm³/mol. The molecule has 0 aliphatic carbocycles. The van der Waals surface area contributed by atoms with Gasteiger partial charge in [0.15, 0.2) is 5.54 Å². The average Bonchev–Trinajstić information content (AvgIpc) is 3.20. The Morgan fingerprint density at radius 1 is 1.70 bits per heavy atom. The topological polar surface area (TPSA) is 126 Å². The molecule has 10 heteroatoms. The van der Waals surface area contributed by atoms with E-state index in [4.69, 9.17) is 10.2 Å². The first-order valence-corrected chi connectivity index (χ1v) is 8.59. The van der Waals surface area contributed by atoms with Crippen LogP contribution in [0.4, 0.5) is 0 Å². The van der Waals surface area contributed by atoms with Crippen molar-refractivity contribution in [3.05, 3.63) is 12.3 Å². The van der Waals surface area contributed by atoms with E-state index in [2.05, 4.69) is 32.8 Å². The summed E-state index contributed by atoms with van der Waals surface area (Å²) in [7, 11) is 0. The molecule has 3 N–H and O–H groups in total. The molecular weight excluding hydrogens is 417 g/mol. The molecule has 23 heavy (non-hydrogen) atoms. The monoisotopic (exact) mass is 435 g/mol. The van der Waals surface area contributed by atoms with Crippen LogP contribution in [0.15, 0.2) is 10.8 Å². The summed E-state index contributed by atoms with van der Waals surface area (Å²) in [5.41, 5.74) is 4.90. The molecule has 2 aliphatic heterocycles. The lowest BCUT2D eigenvalue weighted by Gasteiger charge is -2.55. The Labute approximate surface area is 146 Å². The molecule has 9 nitrogen and oxygen atoms in total. The molecular formula is C13H18IN5O4. The van der Waals surface area contributed by atoms with Crippen molar-refractivity contribution in [2.75, 3.05) is 6.54 Å². The van der Waals surface area contributed by atoms with Crippen LogP contribution in [0.5, 0.6) is 0 Å². The van der Waals surface area contributed by atoms with Crippen LogP contribution in [0.2, 0.25) is 0 Å². The highest BCUT2D eigenvalue weighted by atomic mass is 127. The lowest BCUT2D eigenvalue weighted by atomic mass is 9.85. The Kier molecular flexibility index (Phi) is 4.31. The van der Waals surface area contributed by atoms with Crippen molar-refractivity contribution in [1.29, 1.82) is 0 Å². The van der Waals surface area contributed by atoms with Crippen LogP contribution in [-0.4, -0.2) is 65.2 Å². The molecule has 3 rings (SSSR count). The van der Waals surface area contributed by atoms with Gasteiger partial charge in [-0.2, -0.15) is 0 Å². The van der Waals surface area contributed by atoms with Gasteiger partial charge in [0.05, 0.1) is 6.10 Å². The molecule has 3 heterocycles. The first-order chi connectivity index (χ1) is 10.9. The lowest BCUT2D eigenvalue weighted by molar-refractivity contribution is -0.172. The van der Waals surface area contributed by atoms with Crippen LogP contribution in [0.1, 0.15) is 25.7 Å². The van der Waals surface area contributed by atoms with E-state index < -0.39 is 17.7 Å². The summed E-state index contributed by atoms with van der Waals surface area (Å²) in [5.74, 6) is -0.171. The van der Waals surface area contributed by atoms with Gasteiger partial charge in [-0.1, -0.05) is 22.6 Å².